The van der Waals surface area contributed by atoms with Crippen LogP contribution in [0.3, 0.4) is 0 Å². The molecule has 2 nitrogen and oxygen atoms in total. The van der Waals surface area contributed by atoms with Gasteiger partial charge in [-0.3, -0.25) is 0 Å². The number of rotatable bonds is 2. The third kappa shape index (κ3) is 1.00. The van der Waals surface area contributed by atoms with Crippen LogP contribution in [0.4, 0.5) is 0 Å². The summed E-state index contributed by atoms with van der Waals surface area (Å²) in [7, 11) is 0. The van der Waals surface area contributed by atoms with E-state index in [1.165, 1.54) is 25.7 Å². The molecular formula is C9H16O2. The largest absolute Gasteiger partial charge is 0.396 e. The van der Waals surface area contributed by atoms with Crippen molar-refractivity contribution in [3.63, 3.8) is 0 Å². The van der Waals surface area contributed by atoms with E-state index in [9.17, 15) is 0 Å². The van der Waals surface area contributed by atoms with Gasteiger partial charge in [0.1, 0.15) is 0 Å². The Hall–Kier alpha value is -0.0800. The van der Waals surface area contributed by atoms with Crippen molar-refractivity contribution in [3.05, 3.63) is 0 Å². The maximum absolute atomic E-state index is 9.00. The summed E-state index contributed by atoms with van der Waals surface area (Å²) in [6, 6.07) is 0. The lowest BCUT2D eigenvalue weighted by atomic mass is 9.81. The Morgan fingerprint density at radius 2 is 2.45 bits per heavy atom. The molecule has 1 heterocycles. The minimum Gasteiger partial charge on any atom is -0.396 e. The number of aliphatic hydroxyl groups excluding tert-OH is 1. The predicted octanol–water partition coefficient (Wildman–Crippen LogP) is 1.33. The number of ether oxygens (including phenoxy) is 1. The van der Waals surface area contributed by atoms with Crippen molar-refractivity contribution in [2.24, 2.45) is 5.92 Å². The van der Waals surface area contributed by atoms with Crippen LogP contribution in [0.2, 0.25) is 0 Å². The van der Waals surface area contributed by atoms with Gasteiger partial charge in [0.25, 0.3) is 0 Å². The van der Waals surface area contributed by atoms with Crippen molar-refractivity contribution < 1.29 is 9.84 Å². The Kier molecular flexibility index (Phi) is 1.69. The number of hydrogen-bond acceptors (Lipinski definition) is 2. The van der Waals surface area contributed by atoms with Crippen LogP contribution in [-0.4, -0.2) is 23.4 Å². The maximum atomic E-state index is 9.00. The molecule has 0 aromatic carbocycles. The molecule has 64 valence electrons. The third-order valence-corrected chi connectivity index (χ3v) is 3.24. The summed E-state index contributed by atoms with van der Waals surface area (Å²) in [4.78, 5) is 0. The maximum Gasteiger partial charge on any atom is 0.0995 e. The molecule has 1 saturated carbocycles. The van der Waals surface area contributed by atoms with Gasteiger partial charge in [-0.15, -0.1) is 0 Å². The lowest BCUT2D eigenvalue weighted by molar-refractivity contribution is 0.138. The molecular weight excluding hydrogens is 140 g/mol. The molecule has 3 atom stereocenters. The smallest absolute Gasteiger partial charge is 0.0995 e. The van der Waals surface area contributed by atoms with E-state index in [4.69, 9.17) is 9.84 Å². The number of epoxide rings is 1. The average molecular weight is 156 g/mol. The number of aliphatic hydroxyl groups is 1. The molecule has 11 heavy (non-hydrogen) atoms. The number of fused-ring (bicyclic) bond motifs is 1. The summed E-state index contributed by atoms with van der Waals surface area (Å²) in [5.41, 5.74) is 0.104. The van der Waals surface area contributed by atoms with Gasteiger partial charge in [0.15, 0.2) is 0 Å². The molecule has 0 spiro atoms. The molecule has 3 unspecified atom stereocenters. The van der Waals surface area contributed by atoms with E-state index in [-0.39, 0.29) is 12.2 Å². The van der Waals surface area contributed by atoms with E-state index in [2.05, 4.69) is 6.92 Å². The first-order chi connectivity index (χ1) is 5.29. The Labute approximate surface area is 67.6 Å². The molecule has 2 heteroatoms. The van der Waals surface area contributed by atoms with Crippen molar-refractivity contribution in [2.45, 2.75) is 44.3 Å². The van der Waals surface area contributed by atoms with E-state index in [0.717, 1.165) is 0 Å². The summed E-state index contributed by atoms with van der Waals surface area (Å²) >= 11 is 0. The first kappa shape index (κ1) is 7.56. The summed E-state index contributed by atoms with van der Waals surface area (Å²) in [6.07, 6.45) is 5.45. The molecule has 0 radical (unpaired) electrons. The zero-order valence-electron chi connectivity index (χ0n) is 7.05. The molecule has 0 aromatic rings. The van der Waals surface area contributed by atoms with Gasteiger partial charge < -0.3 is 9.84 Å². The van der Waals surface area contributed by atoms with Crippen LogP contribution in [0, 0.1) is 5.92 Å². The van der Waals surface area contributed by atoms with E-state index in [1.807, 2.05) is 0 Å². The Balaban J connectivity index is 2.01. The second-order valence-electron chi connectivity index (χ2n) is 3.89. The van der Waals surface area contributed by atoms with Gasteiger partial charge in [-0.2, -0.15) is 0 Å². The first-order valence-electron chi connectivity index (χ1n) is 4.58. The highest BCUT2D eigenvalue weighted by atomic mass is 16.6. The predicted molar refractivity (Wildman–Crippen MR) is 42.3 cm³/mol. The SMILES string of the molecule is CC(CO)C12CCCCC1O2. The van der Waals surface area contributed by atoms with Gasteiger partial charge in [0, 0.05) is 12.5 Å². The monoisotopic (exact) mass is 156 g/mol. The van der Waals surface area contributed by atoms with Gasteiger partial charge in [-0.25, -0.2) is 0 Å². The van der Waals surface area contributed by atoms with Crippen LogP contribution in [0.15, 0.2) is 0 Å². The summed E-state index contributed by atoms with van der Waals surface area (Å²) in [5.74, 6) is 0.341. The van der Waals surface area contributed by atoms with Crippen molar-refractivity contribution in [3.8, 4) is 0 Å². The normalized spacial score (nSPS) is 44.7. The summed E-state index contributed by atoms with van der Waals surface area (Å²) < 4.78 is 5.66. The van der Waals surface area contributed by atoms with E-state index >= 15 is 0 Å². The molecule has 2 fully saturated rings. The second-order valence-corrected chi connectivity index (χ2v) is 3.89. The Bertz CT molecular complexity index is 158. The molecule has 0 amide bonds. The fourth-order valence-electron chi connectivity index (χ4n) is 2.32. The lowest BCUT2D eigenvalue weighted by Crippen LogP contribution is -2.29. The van der Waals surface area contributed by atoms with E-state index in [1.54, 1.807) is 0 Å². The molecule has 1 N–H and O–H groups in total. The van der Waals surface area contributed by atoms with Gasteiger partial charge in [-0.1, -0.05) is 19.8 Å². The minimum absolute atomic E-state index is 0.104. The molecule has 0 aromatic heterocycles. The van der Waals surface area contributed by atoms with Crippen LogP contribution in [0.5, 0.6) is 0 Å². The molecule has 1 saturated heterocycles. The zero-order chi connectivity index (χ0) is 7.90. The molecule has 0 bridgehead atoms. The molecule has 2 aliphatic rings. The quantitative estimate of drug-likeness (QED) is 0.612. The van der Waals surface area contributed by atoms with Gasteiger partial charge in [0.05, 0.1) is 11.7 Å². The van der Waals surface area contributed by atoms with E-state index in [0.29, 0.717) is 12.0 Å². The topological polar surface area (TPSA) is 32.8 Å². The fourth-order valence-corrected chi connectivity index (χ4v) is 2.32. The Morgan fingerprint density at radius 3 is 3.09 bits per heavy atom. The highest BCUT2D eigenvalue weighted by Crippen LogP contribution is 2.52. The van der Waals surface area contributed by atoms with Crippen molar-refractivity contribution >= 4 is 0 Å². The minimum atomic E-state index is 0.104. The summed E-state index contributed by atoms with van der Waals surface area (Å²) in [6.45, 7) is 2.36. The van der Waals surface area contributed by atoms with Gasteiger partial charge in [-0.05, 0) is 12.8 Å². The van der Waals surface area contributed by atoms with Crippen LogP contribution in [0.1, 0.15) is 32.6 Å². The lowest BCUT2D eigenvalue weighted by Gasteiger charge is -2.21. The zero-order valence-corrected chi connectivity index (χ0v) is 7.05. The van der Waals surface area contributed by atoms with Crippen LogP contribution < -0.4 is 0 Å². The van der Waals surface area contributed by atoms with Crippen LogP contribution in [0.25, 0.3) is 0 Å². The fraction of sp³-hybridized carbons (Fsp3) is 1.00. The van der Waals surface area contributed by atoms with E-state index < -0.39 is 0 Å². The highest BCUT2D eigenvalue weighted by Gasteiger charge is 2.59. The average Bonchev–Trinajstić information content (AvgIpc) is 2.78. The standard InChI is InChI=1S/C9H16O2/c1-7(6-10)9-5-3-2-4-8(9)11-9/h7-8,10H,2-6H2,1H3. The van der Waals surface area contributed by atoms with Crippen molar-refractivity contribution in [2.75, 3.05) is 6.61 Å². The van der Waals surface area contributed by atoms with Crippen LogP contribution >= 0.6 is 0 Å². The number of hydrogen-bond donors (Lipinski definition) is 1. The van der Waals surface area contributed by atoms with Crippen molar-refractivity contribution in [1.82, 2.24) is 0 Å². The third-order valence-electron chi connectivity index (χ3n) is 3.24. The Morgan fingerprint density at radius 1 is 1.64 bits per heavy atom. The molecule has 1 aliphatic heterocycles. The summed E-state index contributed by atoms with van der Waals surface area (Å²) in [5, 5.41) is 9.00. The van der Waals surface area contributed by atoms with Gasteiger partial charge >= 0.3 is 0 Å². The second kappa shape index (κ2) is 2.46. The van der Waals surface area contributed by atoms with Crippen LogP contribution in [-0.2, 0) is 4.74 Å². The molecule has 2 rings (SSSR count). The molecule has 1 aliphatic carbocycles. The highest BCUT2D eigenvalue weighted by molar-refractivity contribution is 5.07. The van der Waals surface area contributed by atoms with Crippen molar-refractivity contribution in [1.29, 1.82) is 0 Å². The van der Waals surface area contributed by atoms with Gasteiger partial charge in [0.2, 0.25) is 0 Å². The first-order valence-corrected chi connectivity index (χ1v) is 4.58.